The molecule has 0 fully saturated rings. The fourth-order valence-corrected chi connectivity index (χ4v) is 4.27. The van der Waals surface area contributed by atoms with Crippen LogP contribution in [-0.4, -0.2) is 75.8 Å². The first kappa shape index (κ1) is 31.0. The fraction of sp³-hybridized carbons (Fsp3) is 0.385. The van der Waals surface area contributed by atoms with Gasteiger partial charge in [-0.05, 0) is 41.7 Å². The number of thioether (sulfide) groups is 1. The lowest BCUT2D eigenvalue weighted by Gasteiger charge is -2.25. The zero-order valence-electron chi connectivity index (χ0n) is 21.0. The summed E-state index contributed by atoms with van der Waals surface area (Å²) in [5, 5.41) is 27.0. The molecule has 2 aromatic carbocycles. The average molecular weight is 563 g/mol. The van der Waals surface area contributed by atoms with E-state index >= 15 is 0 Å². The van der Waals surface area contributed by atoms with E-state index in [2.05, 4.69) is 28.6 Å². The third-order valence-electron chi connectivity index (χ3n) is 5.69. The molecule has 7 N–H and O–H groups in total. The highest BCUT2D eigenvalue weighted by Crippen LogP contribution is 2.12. The number of aliphatic carboxylic acids is 1. The standard InChI is InChI=1S/C26H34N4O6S2/c1-38-12-11-19(27)23(32)30-22(15-37)25(34)28-20(13-17-7-9-18(31)10-8-17)24(33)29-21(26(35)36)14-16-5-3-2-4-6-16/h2-10,19-22,31,37H,11-15,27H2,1H3,(H,28,34)(H,29,33)(H,30,32)(H,35,36). The van der Waals surface area contributed by atoms with Crippen molar-refractivity contribution < 1.29 is 29.4 Å². The maximum atomic E-state index is 13.2. The van der Waals surface area contributed by atoms with Crippen LogP contribution in [0.5, 0.6) is 5.75 Å². The fourth-order valence-electron chi connectivity index (χ4n) is 3.52. The number of aromatic hydroxyl groups is 1. The molecule has 0 aromatic heterocycles. The molecule has 12 heteroatoms. The summed E-state index contributed by atoms with van der Waals surface area (Å²) in [6.45, 7) is 0. The Hall–Kier alpha value is -3.22. The number of nitrogens with one attached hydrogen (secondary N) is 3. The molecular weight excluding hydrogens is 528 g/mol. The number of hydrogen-bond donors (Lipinski definition) is 7. The van der Waals surface area contributed by atoms with Gasteiger partial charge in [0.25, 0.3) is 0 Å². The second-order valence-electron chi connectivity index (χ2n) is 8.65. The third-order valence-corrected chi connectivity index (χ3v) is 6.70. The highest BCUT2D eigenvalue weighted by molar-refractivity contribution is 7.98. The summed E-state index contributed by atoms with van der Waals surface area (Å²) in [7, 11) is 0. The predicted molar refractivity (Wildman–Crippen MR) is 150 cm³/mol. The van der Waals surface area contributed by atoms with Gasteiger partial charge in [-0.25, -0.2) is 4.79 Å². The number of rotatable bonds is 15. The van der Waals surface area contributed by atoms with Gasteiger partial charge in [0.05, 0.1) is 6.04 Å². The molecule has 4 atom stereocenters. The van der Waals surface area contributed by atoms with E-state index in [1.54, 1.807) is 54.2 Å². The van der Waals surface area contributed by atoms with Gasteiger partial charge in [-0.3, -0.25) is 14.4 Å². The molecule has 38 heavy (non-hydrogen) atoms. The summed E-state index contributed by atoms with van der Waals surface area (Å²) in [5.74, 6) is -2.46. The Morgan fingerprint density at radius 3 is 1.95 bits per heavy atom. The first-order valence-corrected chi connectivity index (χ1v) is 14.0. The van der Waals surface area contributed by atoms with Gasteiger partial charge in [-0.2, -0.15) is 24.4 Å². The van der Waals surface area contributed by atoms with Crippen molar-refractivity contribution in [1.82, 2.24) is 16.0 Å². The van der Waals surface area contributed by atoms with Crippen LogP contribution in [0.15, 0.2) is 54.6 Å². The first-order valence-electron chi connectivity index (χ1n) is 12.0. The number of carbonyl (C=O) groups excluding carboxylic acids is 3. The smallest absolute Gasteiger partial charge is 0.326 e. The number of benzene rings is 2. The van der Waals surface area contributed by atoms with E-state index in [0.29, 0.717) is 17.7 Å². The van der Waals surface area contributed by atoms with Gasteiger partial charge >= 0.3 is 5.97 Å². The van der Waals surface area contributed by atoms with Gasteiger partial charge in [0.1, 0.15) is 23.9 Å². The van der Waals surface area contributed by atoms with Crippen molar-refractivity contribution in [3.8, 4) is 5.75 Å². The SMILES string of the molecule is CSCCC(N)C(=O)NC(CS)C(=O)NC(Cc1ccc(O)cc1)C(=O)NC(Cc1ccccc1)C(=O)O. The van der Waals surface area contributed by atoms with Crippen LogP contribution in [0.4, 0.5) is 0 Å². The van der Waals surface area contributed by atoms with Crippen LogP contribution in [0, 0.1) is 0 Å². The number of carbonyl (C=O) groups is 4. The van der Waals surface area contributed by atoms with Crippen molar-refractivity contribution in [2.45, 2.75) is 43.4 Å². The lowest BCUT2D eigenvalue weighted by atomic mass is 10.0. The van der Waals surface area contributed by atoms with Crippen molar-refractivity contribution in [2.24, 2.45) is 5.73 Å². The average Bonchev–Trinajstić information content (AvgIpc) is 2.90. The second kappa shape index (κ2) is 15.9. The normalized spacial score (nSPS) is 14.0. The van der Waals surface area contributed by atoms with Crippen LogP contribution >= 0.6 is 24.4 Å². The van der Waals surface area contributed by atoms with Crippen LogP contribution in [-0.2, 0) is 32.0 Å². The van der Waals surface area contributed by atoms with Crippen LogP contribution in [0.1, 0.15) is 17.5 Å². The van der Waals surface area contributed by atoms with Gasteiger partial charge in [0, 0.05) is 18.6 Å². The Bertz CT molecular complexity index is 1070. The highest BCUT2D eigenvalue weighted by Gasteiger charge is 2.30. The van der Waals surface area contributed by atoms with E-state index in [0.717, 1.165) is 5.56 Å². The van der Waals surface area contributed by atoms with E-state index in [4.69, 9.17) is 5.73 Å². The summed E-state index contributed by atoms with van der Waals surface area (Å²) in [4.78, 5) is 50.6. The topological polar surface area (TPSA) is 171 Å². The molecule has 206 valence electrons. The third kappa shape index (κ3) is 10.3. The monoisotopic (exact) mass is 562 g/mol. The molecule has 4 unspecified atom stereocenters. The lowest BCUT2D eigenvalue weighted by Crippen LogP contribution is -2.58. The summed E-state index contributed by atoms with van der Waals surface area (Å²) >= 11 is 5.71. The van der Waals surface area contributed by atoms with E-state index < -0.39 is 47.9 Å². The predicted octanol–water partition coefficient (Wildman–Crippen LogP) is 0.727. The number of phenols is 1. The largest absolute Gasteiger partial charge is 0.508 e. The number of thiol groups is 1. The molecular formula is C26H34N4O6S2. The van der Waals surface area contributed by atoms with Crippen LogP contribution in [0.2, 0.25) is 0 Å². The van der Waals surface area contributed by atoms with Crippen molar-refractivity contribution in [1.29, 1.82) is 0 Å². The first-order chi connectivity index (χ1) is 18.1. The molecule has 0 aliphatic heterocycles. The number of amides is 3. The molecule has 0 saturated heterocycles. The highest BCUT2D eigenvalue weighted by atomic mass is 32.2. The number of carboxylic acid groups (broad SMARTS) is 1. The van der Waals surface area contributed by atoms with Gasteiger partial charge in [0.2, 0.25) is 17.7 Å². The lowest BCUT2D eigenvalue weighted by molar-refractivity contribution is -0.142. The molecule has 0 bridgehead atoms. The molecule has 0 spiro atoms. The Morgan fingerprint density at radius 1 is 0.842 bits per heavy atom. The molecule has 2 rings (SSSR count). The maximum absolute atomic E-state index is 13.2. The Balaban J connectivity index is 2.18. The number of nitrogens with two attached hydrogens (primary N) is 1. The zero-order valence-corrected chi connectivity index (χ0v) is 22.7. The van der Waals surface area contributed by atoms with Crippen molar-refractivity contribution in [2.75, 3.05) is 17.8 Å². The van der Waals surface area contributed by atoms with Crippen molar-refractivity contribution >= 4 is 48.1 Å². The molecule has 0 aliphatic rings. The maximum Gasteiger partial charge on any atom is 0.326 e. The van der Waals surface area contributed by atoms with E-state index in [9.17, 15) is 29.4 Å². The van der Waals surface area contributed by atoms with Crippen molar-refractivity contribution in [3.05, 3.63) is 65.7 Å². The Morgan fingerprint density at radius 2 is 1.37 bits per heavy atom. The second-order valence-corrected chi connectivity index (χ2v) is 10.0. The molecule has 0 radical (unpaired) electrons. The molecule has 0 heterocycles. The number of phenolic OH excluding ortho intramolecular Hbond substituents is 1. The van der Waals surface area contributed by atoms with Crippen LogP contribution in [0.3, 0.4) is 0 Å². The summed E-state index contributed by atoms with van der Waals surface area (Å²) < 4.78 is 0. The van der Waals surface area contributed by atoms with Gasteiger partial charge in [0.15, 0.2) is 0 Å². The quantitative estimate of drug-likeness (QED) is 0.156. The number of hydrogen-bond acceptors (Lipinski definition) is 8. The van der Waals surface area contributed by atoms with Gasteiger partial charge in [-0.15, -0.1) is 0 Å². The summed E-state index contributed by atoms with van der Waals surface area (Å²) in [5.41, 5.74) is 7.23. The molecule has 2 aromatic rings. The van der Waals surface area contributed by atoms with E-state index in [-0.39, 0.29) is 24.3 Å². The van der Waals surface area contributed by atoms with E-state index in [1.165, 1.54) is 12.1 Å². The zero-order chi connectivity index (χ0) is 28.1. The molecule has 3 amide bonds. The van der Waals surface area contributed by atoms with Crippen LogP contribution in [0.25, 0.3) is 0 Å². The van der Waals surface area contributed by atoms with Crippen LogP contribution < -0.4 is 21.7 Å². The summed E-state index contributed by atoms with van der Waals surface area (Å²) in [6, 6.07) is 10.6. The Labute approximate surface area is 231 Å². The van der Waals surface area contributed by atoms with E-state index in [1.807, 2.05) is 6.26 Å². The summed E-state index contributed by atoms with van der Waals surface area (Å²) in [6.07, 6.45) is 2.38. The van der Waals surface area contributed by atoms with Crippen molar-refractivity contribution in [3.63, 3.8) is 0 Å². The molecule has 10 nitrogen and oxygen atoms in total. The minimum Gasteiger partial charge on any atom is -0.508 e. The van der Waals surface area contributed by atoms with Gasteiger partial charge < -0.3 is 31.9 Å². The molecule has 0 aliphatic carbocycles. The number of carboxylic acids is 1. The Kier molecular flexibility index (Phi) is 13.0. The minimum absolute atomic E-state index is 0.00992. The van der Waals surface area contributed by atoms with Gasteiger partial charge in [-0.1, -0.05) is 42.5 Å². The minimum atomic E-state index is -1.24. The molecule has 0 saturated carbocycles.